The Morgan fingerprint density at radius 2 is 1.28 bits per heavy atom. The second-order valence-electron chi connectivity index (χ2n) is 24.6. The van der Waals surface area contributed by atoms with Crippen LogP contribution in [0, 0.1) is 17.8 Å². The number of likely N-dealkylation sites (N-methyl/N-ethyl adjacent to an activating group) is 7. The van der Waals surface area contributed by atoms with Crippen LogP contribution in [-0.2, 0) is 65.3 Å². The number of hydrogen-bond donors (Lipinski definition) is 3. The number of alkyl halides is 3. The van der Waals surface area contributed by atoms with E-state index in [1.807, 2.05) is 6.92 Å². The summed E-state index contributed by atoms with van der Waals surface area (Å²) in [5.74, 6) is -6.92. The van der Waals surface area contributed by atoms with Crippen LogP contribution in [0.2, 0.25) is 5.02 Å². The van der Waals surface area contributed by atoms with Crippen molar-refractivity contribution in [2.24, 2.45) is 17.8 Å². The number of carbonyl (C=O) groups excluding carboxylic acids is 11. The molecule has 26 heteroatoms. The number of nitrogens with zero attached hydrogens (tertiary/aromatic N) is 8. The highest BCUT2D eigenvalue weighted by Crippen LogP contribution is 2.35. The molecule has 3 fully saturated rings. The van der Waals surface area contributed by atoms with Crippen LogP contribution in [0.3, 0.4) is 0 Å². The van der Waals surface area contributed by atoms with Crippen molar-refractivity contribution in [1.29, 1.82) is 0 Å². The van der Waals surface area contributed by atoms with Gasteiger partial charge in [-0.15, -0.1) is 0 Å². The number of rotatable bonds is 8. The van der Waals surface area contributed by atoms with Crippen molar-refractivity contribution in [3.63, 3.8) is 0 Å². The summed E-state index contributed by atoms with van der Waals surface area (Å²) < 4.78 is 41.0. The average molecular weight is 1250 g/mol. The summed E-state index contributed by atoms with van der Waals surface area (Å²) in [5.41, 5.74) is -0.717. The number of benzene rings is 1. The van der Waals surface area contributed by atoms with Gasteiger partial charge in [0, 0.05) is 81.3 Å². The lowest BCUT2D eigenvalue weighted by molar-refractivity contribution is -0.149. The molecule has 8 atom stereocenters. The lowest BCUT2D eigenvalue weighted by Gasteiger charge is -2.36. The van der Waals surface area contributed by atoms with Crippen LogP contribution in [0.5, 0.6) is 0 Å². The van der Waals surface area contributed by atoms with E-state index < -0.39 is 144 Å². The van der Waals surface area contributed by atoms with E-state index in [0.717, 1.165) is 58.9 Å². The molecule has 4 rings (SSSR count). The first kappa shape index (κ1) is 72.9. The highest BCUT2D eigenvalue weighted by molar-refractivity contribution is 6.31. The molecule has 0 spiro atoms. The topological polar surface area (TPSA) is 250 Å². The van der Waals surface area contributed by atoms with Crippen LogP contribution in [0.25, 0.3) is 0 Å². The summed E-state index contributed by atoms with van der Waals surface area (Å²) in [6, 6.07) is -3.98. The lowest BCUT2D eigenvalue weighted by Crippen LogP contribution is -2.57. The molecule has 1 saturated carbocycles. The highest BCUT2D eigenvalue weighted by atomic mass is 35.5. The van der Waals surface area contributed by atoms with Crippen molar-refractivity contribution in [3.8, 4) is 0 Å². The maximum atomic E-state index is 14.6. The number of aryl methyl sites for hydroxylation is 1. The molecule has 87 heavy (non-hydrogen) atoms. The fraction of sp³-hybridized carbons (Fsp3) is 0.721. The Morgan fingerprint density at radius 3 is 1.89 bits per heavy atom. The summed E-state index contributed by atoms with van der Waals surface area (Å²) in [5, 5.41) is 7.82. The molecule has 0 bridgehead atoms. The van der Waals surface area contributed by atoms with E-state index >= 15 is 0 Å². The molecule has 0 aromatic heterocycles. The van der Waals surface area contributed by atoms with Gasteiger partial charge in [-0.25, -0.2) is 0 Å². The first-order valence-corrected chi connectivity index (χ1v) is 30.9. The lowest BCUT2D eigenvalue weighted by atomic mass is 9.84. The molecule has 2 saturated heterocycles. The van der Waals surface area contributed by atoms with Gasteiger partial charge in [-0.05, 0) is 94.2 Å². The van der Waals surface area contributed by atoms with Crippen LogP contribution in [0.4, 0.5) is 13.2 Å². The molecule has 1 aromatic rings. The largest absolute Gasteiger partial charge is 0.417 e. The number of hydrogen-bond acceptors (Lipinski definition) is 11. The first-order valence-electron chi connectivity index (χ1n) is 30.5. The predicted octanol–water partition coefficient (Wildman–Crippen LogP) is 4.34. The minimum Gasteiger partial charge on any atom is -0.354 e. The Balaban J connectivity index is 1.68. The molecule has 11 amide bonds. The second kappa shape index (κ2) is 33.2. The third-order valence-corrected chi connectivity index (χ3v) is 18.0. The van der Waals surface area contributed by atoms with E-state index in [2.05, 4.69) is 16.0 Å². The number of fused-ring (bicyclic) bond motifs is 1. The van der Waals surface area contributed by atoms with Gasteiger partial charge in [0.05, 0.1) is 30.2 Å². The van der Waals surface area contributed by atoms with Crippen molar-refractivity contribution in [1.82, 2.24) is 55.1 Å². The Kier molecular flexibility index (Phi) is 27.8. The van der Waals surface area contributed by atoms with Crippen molar-refractivity contribution < 1.29 is 65.9 Å². The van der Waals surface area contributed by atoms with Crippen LogP contribution in [0.15, 0.2) is 18.2 Å². The predicted molar refractivity (Wildman–Crippen MR) is 321 cm³/mol. The van der Waals surface area contributed by atoms with E-state index in [1.54, 1.807) is 27.7 Å². The van der Waals surface area contributed by atoms with E-state index in [1.165, 1.54) is 86.8 Å². The van der Waals surface area contributed by atoms with Crippen LogP contribution in [-0.4, -0.2) is 229 Å². The van der Waals surface area contributed by atoms with E-state index in [9.17, 15) is 65.9 Å². The van der Waals surface area contributed by atoms with Crippen molar-refractivity contribution in [3.05, 3.63) is 34.3 Å². The van der Waals surface area contributed by atoms with E-state index in [-0.39, 0.29) is 69.4 Å². The van der Waals surface area contributed by atoms with Gasteiger partial charge < -0.3 is 55.1 Å². The number of amides is 11. The normalized spacial score (nSPS) is 25.9. The van der Waals surface area contributed by atoms with Gasteiger partial charge in [0.15, 0.2) is 0 Å². The molecule has 22 nitrogen and oxygen atoms in total. The summed E-state index contributed by atoms with van der Waals surface area (Å²) in [4.78, 5) is 165. The second-order valence-corrected chi connectivity index (χ2v) is 25.0. The molecule has 3 aliphatic rings. The summed E-state index contributed by atoms with van der Waals surface area (Å²) in [6.45, 7) is 9.04. The third kappa shape index (κ3) is 20.2. The Labute approximate surface area is 516 Å². The minimum absolute atomic E-state index is 0.0248. The van der Waals surface area contributed by atoms with E-state index in [4.69, 9.17) is 11.6 Å². The fourth-order valence-electron chi connectivity index (χ4n) is 11.5. The summed E-state index contributed by atoms with van der Waals surface area (Å²) in [7, 11) is 10.1. The van der Waals surface area contributed by atoms with Crippen LogP contribution in [0.1, 0.15) is 143 Å². The molecular weight excluding hydrogens is 1160 g/mol. The molecule has 488 valence electrons. The standard InChI is InChI=1S/C61H95ClF3N11O11/c1-14-38(4)53-59(86)71(9)35-51(80)69(7)36-52(81)74(12)47(33-41-21-16-15-17-22-41)58(85)70(8)34-48(77)67-45(28-26-42-25-27-43(44(62)32-42)61(63,64)65)57(84)76-30-20-23-46(76)56(83)66-29-19-18-24-49(78)75(13)54(37(2)3)60(87)72(10)39(5)31-50(79)73(11)40(6)55(82)68-53/h25,27,32,37-41,45-47,53-54H,14-24,26,28-31,33-36H2,1-13H3,(H,66,83)(H,67,77)(H,68,82)/t38?,39-,40+,45+,46+,47+,53+,54+/m1/s1. The molecule has 1 aromatic carbocycles. The molecule has 3 N–H and O–H groups in total. The molecule has 0 radical (unpaired) electrons. The molecule has 1 aliphatic carbocycles. The maximum Gasteiger partial charge on any atom is 0.417 e. The maximum absolute atomic E-state index is 14.6. The quantitative estimate of drug-likeness (QED) is 0.330. The van der Waals surface area contributed by atoms with Crippen molar-refractivity contribution >= 4 is 76.6 Å². The van der Waals surface area contributed by atoms with Gasteiger partial charge in [0.2, 0.25) is 65.0 Å². The SMILES string of the molecule is CCC(C)[C@@H]1NC(=O)[C@H](C)N(C)C(=O)C[C@@H](C)N(C)C(=O)[C@H](C(C)C)N(C)C(=O)CCCCNC(=O)[C@@H]2CCCN2C(=O)[C@H](CCc2ccc(C(F)(F)F)c(Cl)c2)NC(=O)CN(C)C(=O)[C@H](CC2CCCCC2)N(C)C(=O)CN(C)C(=O)CN(C)C1=O. The van der Waals surface area contributed by atoms with Gasteiger partial charge in [-0.2, -0.15) is 13.2 Å². The third-order valence-electron chi connectivity index (χ3n) is 17.7. The van der Waals surface area contributed by atoms with Crippen molar-refractivity contribution in [2.45, 2.75) is 186 Å². The first-order chi connectivity index (χ1) is 40.7. The Hall–Kier alpha value is -6.53. The zero-order valence-corrected chi connectivity index (χ0v) is 54.0. The number of halogens is 4. The van der Waals surface area contributed by atoms with Crippen LogP contribution >= 0.6 is 11.6 Å². The van der Waals surface area contributed by atoms with E-state index in [0.29, 0.717) is 31.2 Å². The average Bonchev–Trinajstić information content (AvgIpc) is 2.70. The highest BCUT2D eigenvalue weighted by Gasteiger charge is 2.41. The zero-order chi connectivity index (χ0) is 65.4. The molecule has 2 aliphatic heterocycles. The smallest absolute Gasteiger partial charge is 0.354 e. The Morgan fingerprint density at radius 1 is 0.644 bits per heavy atom. The summed E-state index contributed by atoms with van der Waals surface area (Å²) in [6.07, 6.45) is 1.44. The van der Waals surface area contributed by atoms with Crippen molar-refractivity contribution in [2.75, 3.05) is 82.1 Å². The van der Waals surface area contributed by atoms with Gasteiger partial charge in [-0.1, -0.05) is 83.9 Å². The van der Waals surface area contributed by atoms with Gasteiger partial charge in [0.1, 0.15) is 36.3 Å². The number of nitrogens with one attached hydrogen (secondary N) is 3. The zero-order valence-electron chi connectivity index (χ0n) is 53.2. The van der Waals surface area contributed by atoms with Gasteiger partial charge in [0.25, 0.3) is 0 Å². The summed E-state index contributed by atoms with van der Waals surface area (Å²) >= 11 is 6.06. The molecule has 2 heterocycles. The minimum atomic E-state index is -4.72. The number of carbonyl (C=O) groups is 11. The van der Waals surface area contributed by atoms with Gasteiger partial charge >= 0.3 is 6.18 Å². The Bertz CT molecular complexity index is 2620. The fourth-order valence-corrected chi connectivity index (χ4v) is 11.8. The molecule has 1 unspecified atom stereocenters. The molecular formula is C61H95ClF3N11O11. The monoisotopic (exact) mass is 1250 g/mol. The van der Waals surface area contributed by atoms with Gasteiger partial charge in [-0.3, -0.25) is 52.7 Å². The van der Waals surface area contributed by atoms with Crippen LogP contribution < -0.4 is 16.0 Å².